The Kier molecular flexibility index (Phi) is 7.55. The molecule has 0 bridgehead atoms. The van der Waals surface area contributed by atoms with Crippen LogP contribution in [0.5, 0.6) is 0 Å². The lowest BCUT2D eigenvalue weighted by Crippen LogP contribution is -2.58. The number of ether oxygens (including phenoxy) is 1. The molecule has 2 aliphatic rings. The molecule has 3 N–H and O–H groups in total. The van der Waals surface area contributed by atoms with E-state index >= 15 is 0 Å². The number of rotatable bonds is 7. The van der Waals surface area contributed by atoms with Gasteiger partial charge in [0.25, 0.3) is 5.91 Å². The zero-order valence-electron chi connectivity index (χ0n) is 21.7. The lowest BCUT2D eigenvalue weighted by molar-refractivity contribution is -0.174. The first-order valence-corrected chi connectivity index (χ1v) is 12.6. The molecule has 6 nitrogen and oxygen atoms in total. The van der Waals surface area contributed by atoms with Crippen LogP contribution in [0.15, 0.2) is 30.3 Å². The van der Waals surface area contributed by atoms with Gasteiger partial charge in [-0.05, 0) is 80.6 Å². The van der Waals surface area contributed by atoms with Gasteiger partial charge < -0.3 is 20.3 Å². The highest BCUT2D eigenvalue weighted by molar-refractivity contribution is 5.89. The Morgan fingerprint density at radius 1 is 1.15 bits per heavy atom. The highest BCUT2D eigenvalue weighted by atomic mass is 16.5. The van der Waals surface area contributed by atoms with Gasteiger partial charge in [-0.15, -0.1) is 0 Å². The van der Waals surface area contributed by atoms with E-state index in [0.717, 1.165) is 25.7 Å². The number of methoxy groups -OCH3 is 1. The zero-order chi connectivity index (χ0) is 25.4. The summed E-state index contributed by atoms with van der Waals surface area (Å²) < 4.78 is 4.89. The normalized spacial score (nSPS) is 33.2. The number of esters is 1. The molecule has 0 aliphatic heterocycles. The SMILES string of the molecule is COC(=O)[C@@H](NC(=O)[C@](C)(O)CC[C@@H]1[C@@]2(C)CCCC(C)(C)[C@@H]2CC[C@@]1(C)O)c1ccccc1. The average Bonchev–Trinajstić information content (AvgIpc) is 2.75. The van der Waals surface area contributed by atoms with Crippen LogP contribution in [-0.4, -0.2) is 40.4 Å². The minimum absolute atomic E-state index is 0.0249. The molecular formula is C28H43NO5. The molecular weight excluding hydrogens is 430 g/mol. The number of hydrogen-bond acceptors (Lipinski definition) is 5. The number of carbonyl (C=O) groups is 2. The number of carbonyl (C=O) groups excluding carboxylic acids is 2. The first-order valence-electron chi connectivity index (χ1n) is 12.6. The summed E-state index contributed by atoms with van der Waals surface area (Å²) >= 11 is 0. The van der Waals surface area contributed by atoms with Crippen molar-refractivity contribution in [1.82, 2.24) is 5.32 Å². The number of fused-ring (bicyclic) bond motifs is 1. The van der Waals surface area contributed by atoms with Crippen molar-refractivity contribution in [1.29, 1.82) is 0 Å². The van der Waals surface area contributed by atoms with Gasteiger partial charge in [-0.3, -0.25) is 4.79 Å². The minimum Gasteiger partial charge on any atom is -0.467 e. The number of amides is 1. The van der Waals surface area contributed by atoms with Crippen molar-refractivity contribution in [2.45, 2.75) is 96.8 Å². The van der Waals surface area contributed by atoms with Crippen molar-refractivity contribution in [3.8, 4) is 0 Å². The van der Waals surface area contributed by atoms with E-state index in [4.69, 9.17) is 4.74 Å². The Hall–Kier alpha value is -1.92. The van der Waals surface area contributed by atoms with Crippen molar-refractivity contribution in [3.63, 3.8) is 0 Å². The van der Waals surface area contributed by atoms with Gasteiger partial charge in [0, 0.05) is 0 Å². The molecule has 0 unspecified atom stereocenters. The molecule has 2 aliphatic carbocycles. The molecule has 34 heavy (non-hydrogen) atoms. The predicted octanol–water partition coefficient (Wildman–Crippen LogP) is 4.54. The Morgan fingerprint density at radius 3 is 2.41 bits per heavy atom. The molecule has 2 fully saturated rings. The maximum atomic E-state index is 13.1. The summed E-state index contributed by atoms with van der Waals surface area (Å²) in [6.07, 6.45) is 5.83. The second kappa shape index (κ2) is 9.62. The van der Waals surface area contributed by atoms with Gasteiger partial charge in [-0.25, -0.2) is 4.79 Å². The standard InChI is InChI=1S/C28H43NO5/c1-25(2)15-10-16-26(3)20(25)13-17-27(4,32)21(26)14-18-28(5,33)24(31)29-22(23(30)34-6)19-11-8-7-9-12-19/h7-9,11-12,20-22,32-33H,10,13-18H2,1-6H3,(H,29,31)/t20-,21+,22-,26-,27+,28+/m0/s1. The summed E-state index contributed by atoms with van der Waals surface area (Å²) in [4.78, 5) is 25.5. The van der Waals surface area contributed by atoms with Gasteiger partial charge >= 0.3 is 5.97 Å². The first kappa shape index (κ1) is 26.7. The quantitative estimate of drug-likeness (QED) is 0.505. The van der Waals surface area contributed by atoms with Crippen LogP contribution in [0.2, 0.25) is 0 Å². The van der Waals surface area contributed by atoms with E-state index in [1.54, 1.807) is 24.3 Å². The van der Waals surface area contributed by atoms with E-state index in [9.17, 15) is 19.8 Å². The molecule has 6 atom stereocenters. The van der Waals surface area contributed by atoms with Gasteiger partial charge in [0.2, 0.25) is 0 Å². The third-order valence-electron chi connectivity index (χ3n) is 9.02. The van der Waals surface area contributed by atoms with Crippen LogP contribution < -0.4 is 5.32 Å². The van der Waals surface area contributed by atoms with E-state index in [-0.39, 0.29) is 23.2 Å². The van der Waals surface area contributed by atoms with E-state index < -0.39 is 29.1 Å². The Balaban J connectivity index is 1.77. The molecule has 0 radical (unpaired) electrons. The van der Waals surface area contributed by atoms with E-state index in [2.05, 4.69) is 26.1 Å². The minimum atomic E-state index is -1.69. The van der Waals surface area contributed by atoms with Crippen molar-refractivity contribution in [2.75, 3.05) is 7.11 Å². The second-order valence-corrected chi connectivity index (χ2v) is 12.0. The first-order chi connectivity index (χ1) is 15.7. The van der Waals surface area contributed by atoms with E-state index in [1.807, 2.05) is 13.0 Å². The molecule has 190 valence electrons. The summed E-state index contributed by atoms with van der Waals surface area (Å²) in [5, 5.41) is 25.3. The van der Waals surface area contributed by atoms with Crippen molar-refractivity contribution in [2.24, 2.45) is 22.7 Å². The topological polar surface area (TPSA) is 95.9 Å². The third-order valence-corrected chi connectivity index (χ3v) is 9.02. The van der Waals surface area contributed by atoms with Gasteiger partial charge in [0.1, 0.15) is 5.60 Å². The molecule has 0 heterocycles. The Morgan fingerprint density at radius 2 is 1.79 bits per heavy atom. The molecule has 1 amide bonds. The van der Waals surface area contributed by atoms with Crippen LogP contribution in [0, 0.1) is 22.7 Å². The van der Waals surface area contributed by atoms with Crippen LogP contribution in [0.1, 0.15) is 91.2 Å². The molecule has 3 rings (SSSR count). The monoisotopic (exact) mass is 473 g/mol. The van der Waals surface area contributed by atoms with Crippen molar-refractivity contribution in [3.05, 3.63) is 35.9 Å². The predicted molar refractivity (Wildman–Crippen MR) is 132 cm³/mol. The third kappa shape index (κ3) is 5.18. The maximum Gasteiger partial charge on any atom is 0.333 e. The Labute approximate surface area is 204 Å². The van der Waals surface area contributed by atoms with E-state index in [1.165, 1.54) is 20.5 Å². The maximum absolute atomic E-state index is 13.1. The van der Waals surface area contributed by atoms with Gasteiger partial charge in [0.05, 0.1) is 12.7 Å². The lowest BCUT2D eigenvalue weighted by Gasteiger charge is -2.61. The fourth-order valence-electron chi connectivity index (χ4n) is 7.13. The molecule has 6 heteroatoms. The van der Waals surface area contributed by atoms with Crippen LogP contribution in [0.3, 0.4) is 0 Å². The molecule has 0 spiro atoms. The number of hydrogen-bond donors (Lipinski definition) is 3. The van der Waals surface area contributed by atoms with Crippen LogP contribution in [-0.2, 0) is 14.3 Å². The van der Waals surface area contributed by atoms with Crippen molar-refractivity contribution >= 4 is 11.9 Å². The second-order valence-electron chi connectivity index (χ2n) is 12.0. The molecule has 0 aromatic heterocycles. The van der Waals surface area contributed by atoms with Gasteiger partial charge in [0.15, 0.2) is 6.04 Å². The summed E-state index contributed by atoms with van der Waals surface area (Å²) in [7, 11) is 1.27. The molecule has 0 saturated heterocycles. The van der Waals surface area contributed by atoms with Gasteiger partial charge in [-0.1, -0.05) is 57.5 Å². The summed E-state index contributed by atoms with van der Waals surface area (Å²) in [5.74, 6) is -0.735. The highest BCUT2D eigenvalue weighted by Gasteiger charge is 2.58. The van der Waals surface area contributed by atoms with Crippen LogP contribution in [0.25, 0.3) is 0 Å². The average molecular weight is 474 g/mol. The number of benzene rings is 1. The van der Waals surface area contributed by atoms with Gasteiger partial charge in [-0.2, -0.15) is 0 Å². The van der Waals surface area contributed by atoms with Crippen LogP contribution >= 0.6 is 0 Å². The Bertz CT molecular complexity index is 878. The summed E-state index contributed by atoms with van der Waals surface area (Å²) in [5.41, 5.74) is -1.78. The number of nitrogens with one attached hydrogen (secondary N) is 1. The largest absolute Gasteiger partial charge is 0.467 e. The fraction of sp³-hybridized carbons (Fsp3) is 0.714. The molecule has 1 aromatic carbocycles. The summed E-state index contributed by atoms with van der Waals surface area (Å²) in [6.45, 7) is 10.4. The summed E-state index contributed by atoms with van der Waals surface area (Å²) in [6, 6.07) is 7.87. The van der Waals surface area contributed by atoms with Crippen molar-refractivity contribution < 1.29 is 24.5 Å². The lowest BCUT2D eigenvalue weighted by atomic mass is 9.45. The fourth-order valence-corrected chi connectivity index (χ4v) is 7.13. The molecule has 2 saturated carbocycles. The highest BCUT2D eigenvalue weighted by Crippen LogP contribution is 2.63. The zero-order valence-corrected chi connectivity index (χ0v) is 21.7. The van der Waals surface area contributed by atoms with E-state index in [0.29, 0.717) is 17.9 Å². The molecule has 1 aromatic rings. The van der Waals surface area contributed by atoms with Crippen LogP contribution in [0.4, 0.5) is 0 Å². The number of aliphatic hydroxyl groups is 2. The smallest absolute Gasteiger partial charge is 0.333 e.